The topological polar surface area (TPSA) is 38.8 Å². The molecule has 0 radical (unpaired) electrons. The molecule has 148 valence electrons. The smallest absolute Gasteiger partial charge is 0.387 e. The Kier molecular flexibility index (Phi) is 6.69. The highest BCUT2D eigenvalue weighted by molar-refractivity contribution is 5.92. The van der Waals surface area contributed by atoms with E-state index in [-0.39, 0.29) is 17.4 Å². The van der Waals surface area contributed by atoms with Crippen molar-refractivity contribution in [1.29, 1.82) is 0 Å². The minimum Gasteiger partial charge on any atom is -0.493 e. The van der Waals surface area contributed by atoms with Gasteiger partial charge >= 0.3 is 6.61 Å². The van der Waals surface area contributed by atoms with Gasteiger partial charge in [-0.25, -0.2) is 0 Å². The van der Waals surface area contributed by atoms with E-state index in [1.54, 1.807) is 24.3 Å². The molecular formula is C21H27F2NO3. The molecule has 0 aromatic heterocycles. The Morgan fingerprint density at radius 1 is 1.11 bits per heavy atom. The van der Waals surface area contributed by atoms with Crippen molar-refractivity contribution in [3.63, 3.8) is 0 Å². The number of halogens is 2. The molecule has 0 spiro atoms. The molecule has 0 unspecified atom stereocenters. The monoisotopic (exact) mass is 379 g/mol. The number of alkyl halides is 2. The molecule has 2 saturated carbocycles. The van der Waals surface area contributed by atoms with Crippen molar-refractivity contribution in [2.45, 2.75) is 70.1 Å². The fourth-order valence-electron chi connectivity index (χ4n) is 4.31. The van der Waals surface area contributed by atoms with Gasteiger partial charge in [-0.05, 0) is 37.8 Å². The fraction of sp³-hybridized carbons (Fsp3) is 0.571. The van der Waals surface area contributed by atoms with Gasteiger partial charge < -0.3 is 14.4 Å². The van der Waals surface area contributed by atoms with Crippen molar-refractivity contribution in [1.82, 2.24) is 4.90 Å². The minimum absolute atomic E-state index is 0.0420. The van der Waals surface area contributed by atoms with Crippen LogP contribution in [0.3, 0.4) is 0 Å². The molecule has 2 aliphatic rings. The number of para-hydroxylation sites is 1. The normalized spacial score (nSPS) is 18.5. The maximum Gasteiger partial charge on any atom is 0.387 e. The van der Waals surface area contributed by atoms with Gasteiger partial charge in [0, 0.05) is 23.7 Å². The second-order valence-electron chi connectivity index (χ2n) is 7.21. The van der Waals surface area contributed by atoms with Crippen molar-refractivity contribution < 1.29 is 23.0 Å². The standard InChI is InChI=1S/C21H27F2NO3/c1-26-18-12-6-7-15(20(18)27-21(22)23)13-14-19(25)24(16-8-2-3-9-16)17-10-4-5-11-17/h6-7,12-14,16-17,21H,2-5,8-11H2,1H3/b14-13+. The first-order chi connectivity index (χ1) is 13.1. The summed E-state index contributed by atoms with van der Waals surface area (Å²) >= 11 is 0. The third-order valence-corrected chi connectivity index (χ3v) is 5.53. The molecule has 0 atom stereocenters. The summed E-state index contributed by atoms with van der Waals surface area (Å²) < 4.78 is 35.3. The van der Waals surface area contributed by atoms with Crippen LogP contribution in [-0.2, 0) is 4.79 Å². The summed E-state index contributed by atoms with van der Waals surface area (Å²) in [6.07, 6.45) is 11.9. The molecule has 27 heavy (non-hydrogen) atoms. The fourth-order valence-corrected chi connectivity index (χ4v) is 4.31. The van der Waals surface area contributed by atoms with Crippen LogP contribution >= 0.6 is 0 Å². The quantitative estimate of drug-likeness (QED) is 0.624. The predicted molar refractivity (Wildman–Crippen MR) is 100 cm³/mol. The molecule has 1 aromatic carbocycles. The summed E-state index contributed by atoms with van der Waals surface area (Å²) in [4.78, 5) is 15.0. The van der Waals surface area contributed by atoms with Crippen molar-refractivity contribution in [3.05, 3.63) is 29.8 Å². The number of hydrogen-bond acceptors (Lipinski definition) is 3. The minimum atomic E-state index is -2.96. The number of amides is 1. The number of hydrogen-bond donors (Lipinski definition) is 0. The summed E-state index contributed by atoms with van der Waals surface area (Å²) in [5.74, 6) is 0.125. The maximum absolute atomic E-state index is 13.0. The molecular weight excluding hydrogens is 352 g/mol. The van der Waals surface area contributed by atoms with Crippen molar-refractivity contribution in [2.24, 2.45) is 0 Å². The lowest BCUT2D eigenvalue weighted by atomic mass is 10.1. The van der Waals surface area contributed by atoms with Crippen LogP contribution in [0.5, 0.6) is 11.5 Å². The first kappa shape index (κ1) is 19.6. The highest BCUT2D eigenvalue weighted by atomic mass is 19.3. The van der Waals surface area contributed by atoms with Gasteiger partial charge in [-0.3, -0.25) is 4.79 Å². The lowest BCUT2D eigenvalue weighted by Gasteiger charge is -2.33. The van der Waals surface area contributed by atoms with E-state index >= 15 is 0 Å². The summed E-state index contributed by atoms with van der Waals surface area (Å²) in [7, 11) is 1.40. The highest BCUT2D eigenvalue weighted by Gasteiger charge is 2.33. The molecule has 6 heteroatoms. The Hall–Kier alpha value is -2.11. The number of carbonyl (C=O) groups excluding carboxylic acids is 1. The zero-order valence-electron chi connectivity index (χ0n) is 15.7. The van der Waals surface area contributed by atoms with Crippen LogP contribution in [0.25, 0.3) is 6.08 Å². The highest BCUT2D eigenvalue weighted by Crippen LogP contribution is 2.34. The SMILES string of the molecule is COc1cccc(/C=C/C(=O)N(C2CCCC2)C2CCCC2)c1OC(F)F. The molecule has 0 bridgehead atoms. The van der Waals surface area contributed by atoms with E-state index in [0.29, 0.717) is 17.6 Å². The summed E-state index contributed by atoms with van der Waals surface area (Å²) in [6, 6.07) is 5.48. The molecule has 2 aliphatic carbocycles. The van der Waals surface area contributed by atoms with E-state index in [4.69, 9.17) is 4.74 Å². The summed E-state index contributed by atoms with van der Waals surface area (Å²) in [5.41, 5.74) is 0.404. The maximum atomic E-state index is 13.0. The van der Waals surface area contributed by atoms with Gasteiger partial charge in [0.15, 0.2) is 11.5 Å². The van der Waals surface area contributed by atoms with E-state index in [0.717, 1.165) is 51.4 Å². The van der Waals surface area contributed by atoms with Crippen molar-refractivity contribution >= 4 is 12.0 Å². The Morgan fingerprint density at radius 3 is 2.22 bits per heavy atom. The third kappa shape index (κ3) is 4.79. The van der Waals surface area contributed by atoms with Gasteiger partial charge in [-0.15, -0.1) is 0 Å². The number of ether oxygens (including phenoxy) is 2. The van der Waals surface area contributed by atoms with Crippen LogP contribution in [0.15, 0.2) is 24.3 Å². The molecule has 0 saturated heterocycles. The van der Waals surface area contributed by atoms with Gasteiger partial charge in [0.25, 0.3) is 0 Å². The first-order valence-electron chi connectivity index (χ1n) is 9.72. The summed E-state index contributed by atoms with van der Waals surface area (Å²) in [6.45, 7) is -2.96. The molecule has 2 fully saturated rings. The van der Waals surface area contributed by atoms with Crippen LogP contribution in [0.2, 0.25) is 0 Å². The molecule has 3 rings (SSSR count). The molecule has 1 amide bonds. The van der Waals surface area contributed by atoms with Crippen molar-refractivity contribution in [3.8, 4) is 11.5 Å². The Morgan fingerprint density at radius 2 is 1.70 bits per heavy atom. The third-order valence-electron chi connectivity index (χ3n) is 5.53. The average molecular weight is 379 g/mol. The summed E-state index contributed by atoms with van der Waals surface area (Å²) in [5, 5.41) is 0. The van der Waals surface area contributed by atoms with Gasteiger partial charge in [-0.1, -0.05) is 37.8 Å². The zero-order valence-corrected chi connectivity index (χ0v) is 15.7. The van der Waals surface area contributed by atoms with Gasteiger partial charge in [-0.2, -0.15) is 8.78 Å². The van der Waals surface area contributed by atoms with Crippen LogP contribution in [0.4, 0.5) is 8.78 Å². The lowest BCUT2D eigenvalue weighted by molar-refractivity contribution is -0.130. The zero-order chi connectivity index (χ0) is 19.2. The van der Waals surface area contributed by atoms with Crippen LogP contribution in [-0.4, -0.2) is 36.6 Å². The molecule has 0 heterocycles. The van der Waals surface area contributed by atoms with E-state index in [1.807, 2.05) is 4.90 Å². The van der Waals surface area contributed by atoms with Gasteiger partial charge in [0.05, 0.1) is 7.11 Å². The molecule has 4 nitrogen and oxygen atoms in total. The largest absolute Gasteiger partial charge is 0.493 e. The molecule has 1 aromatic rings. The second-order valence-corrected chi connectivity index (χ2v) is 7.21. The number of rotatable bonds is 7. The Labute approximate surface area is 159 Å². The Bertz CT molecular complexity index is 649. The van der Waals surface area contributed by atoms with Crippen molar-refractivity contribution in [2.75, 3.05) is 7.11 Å². The molecule has 0 N–H and O–H groups in total. The van der Waals surface area contributed by atoms with E-state index < -0.39 is 6.61 Å². The van der Waals surface area contributed by atoms with E-state index in [2.05, 4.69) is 4.74 Å². The number of benzene rings is 1. The predicted octanol–water partition coefficient (Wildman–Crippen LogP) is 5.02. The van der Waals surface area contributed by atoms with E-state index in [9.17, 15) is 13.6 Å². The average Bonchev–Trinajstić information content (AvgIpc) is 3.35. The van der Waals surface area contributed by atoms with Crippen LogP contribution < -0.4 is 9.47 Å². The van der Waals surface area contributed by atoms with Crippen LogP contribution in [0.1, 0.15) is 56.9 Å². The number of methoxy groups -OCH3 is 1. The molecule has 0 aliphatic heterocycles. The van der Waals surface area contributed by atoms with Gasteiger partial charge in [0.2, 0.25) is 5.91 Å². The first-order valence-corrected chi connectivity index (χ1v) is 9.72. The second kappa shape index (κ2) is 9.20. The number of nitrogens with zero attached hydrogens (tertiary/aromatic N) is 1. The van der Waals surface area contributed by atoms with Gasteiger partial charge in [0.1, 0.15) is 0 Å². The Balaban J connectivity index is 1.81. The number of carbonyl (C=O) groups is 1. The lowest BCUT2D eigenvalue weighted by Crippen LogP contribution is -2.44. The van der Waals surface area contributed by atoms with E-state index in [1.165, 1.54) is 13.2 Å². The van der Waals surface area contributed by atoms with Crippen LogP contribution in [0, 0.1) is 0 Å².